The Morgan fingerprint density at radius 1 is 1.17 bits per heavy atom. The highest BCUT2D eigenvalue weighted by atomic mass is 32.2. The van der Waals surface area contributed by atoms with E-state index < -0.39 is 5.97 Å². The number of rotatable bonds is 8. The van der Waals surface area contributed by atoms with Crippen molar-refractivity contribution in [2.45, 2.75) is 30.6 Å². The molecule has 1 aliphatic heterocycles. The number of benzene rings is 1. The Bertz CT molecular complexity index is 600. The van der Waals surface area contributed by atoms with Gasteiger partial charge in [0.05, 0.1) is 11.3 Å². The molecule has 130 valence electrons. The maximum absolute atomic E-state index is 12.2. The first kappa shape index (κ1) is 18.3. The van der Waals surface area contributed by atoms with Crippen molar-refractivity contribution >= 4 is 29.5 Å². The summed E-state index contributed by atoms with van der Waals surface area (Å²) < 4.78 is 0. The van der Waals surface area contributed by atoms with Crippen LogP contribution in [0, 0.1) is 0 Å². The number of hydrogen-bond acceptors (Lipinski definition) is 4. The minimum Gasteiger partial charge on any atom is -0.481 e. The van der Waals surface area contributed by atoms with Crippen LogP contribution < -0.4 is 5.32 Å². The molecule has 0 unspecified atom stereocenters. The monoisotopic (exact) mass is 350 g/mol. The van der Waals surface area contributed by atoms with Crippen molar-refractivity contribution < 1.29 is 19.5 Å². The third-order valence-corrected chi connectivity index (χ3v) is 4.85. The van der Waals surface area contributed by atoms with E-state index in [1.54, 1.807) is 12.1 Å². The average Bonchev–Trinajstić information content (AvgIpc) is 3.11. The molecule has 1 saturated heterocycles. The molecule has 0 bridgehead atoms. The molecule has 2 amide bonds. The molecule has 0 radical (unpaired) electrons. The first-order valence-electron chi connectivity index (χ1n) is 8.07. The lowest BCUT2D eigenvalue weighted by Crippen LogP contribution is -2.29. The van der Waals surface area contributed by atoms with Crippen molar-refractivity contribution in [3.63, 3.8) is 0 Å². The maximum Gasteiger partial charge on any atom is 0.303 e. The number of aliphatic carboxylic acids is 1. The Kier molecular flexibility index (Phi) is 7.11. The summed E-state index contributed by atoms with van der Waals surface area (Å²) in [6.45, 7) is 1.97. The van der Waals surface area contributed by atoms with E-state index in [-0.39, 0.29) is 18.2 Å². The van der Waals surface area contributed by atoms with E-state index >= 15 is 0 Å². The lowest BCUT2D eigenvalue weighted by Gasteiger charge is -2.15. The Labute approximate surface area is 145 Å². The van der Waals surface area contributed by atoms with Crippen molar-refractivity contribution in [3.8, 4) is 0 Å². The summed E-state index contributed by atoms with van der Waals surface area (Å²) in [6, 6.07) is 7.16. The van der Waals surface area contributed by atoms with Gasteiger partial charge in [-0.3, -0.25) is 14.4 Å². The van der Waals surface area contributed by atoms with E-state index in [9.17, 15) is 14.4 Å². The Morgan fingerprint density at radius 2 is 1.88 bits per heavy atom. The second-order valence-corrected chi connectivity index (χ2v) is 6.64. The van der Waals surface area contributed by atoms with Crippen molar-refractivity contribution in [1.82, 2.24) is 10.2 Å². The highest BCUT2D eigenvalue weighted by Crippen LogP contribution is 2.23. The zero-order valence-corrected chi connectivity index (χ0v) is 14.3. The third kappa shape index (κ3) is 5.56. The third-order valence-electron chi connectivity index (χ3n) is 3.79. The van der Waals surface area contributed by atoms with Crippen LogP contribution in [0.4, 0.5) is 0 Å². The zero-order valence-electron chi connectivity index (χ0n) is 13.5. The van der Waals surface area contributed by atoms with E-state index in [4.69, 9.17) is 5.11 Å². The molecular weight excluding hydrogens is 328 g/mol. The van der Waals surface area contributed by atoms with Gasteiger partial charge in [0, 0.05) is 31.0 Å². The number of carboxylic acids is 1. The predicted molar refractivity (Wildman–Crippen MR) is 92.2 cm³/mol. The molecule has 0 aromatic heterocycles. The summed E-state index contributed by atoms with van der Waals surface area (Å²) in [6.07, 6.45) is 2.54. The number of nitrogens with one attached hydrogen (secondary N) is 1. The van der Waals surface area contributed by atoms with Gasteiger partial charge >= 0.3 is 5.97 Å². The van der Waals surface area contributed by atoms with Gasteiger partial charge in [-0.05, 0) is 31.4 Å². The van der Waals surface area contributed by atoms with Crippen molar-refractivity contribution in [2.24, 2.45) is 0 Å². The van der Waals surface area contributed by atoms with Gasteiger partial charge in [0.1, 0.15) is 0 Å². The molecule has 0 spiro atoms. The van der Waals surface area contributed by atoms with E-state index in [1.807, 2.05) is 17.0 Å². The molecule has 0 saturated carbocycles. The van der Waals surface area contributed by atoms with E-state index in [0.717, 1.165) is 30.8 Å². The lowest BCUT2D eigenvalue weighted by atomic mass is 10.2. The first-order chi connectivity index (χ1) is 11.6. The molecule has 0 atom stereocenters. The van der Waals surface area contributed by atoms with E-state index in [1.165, 1.54) is 11.8 Å². The van der Waals surface area contributed by atoms with Gasteiger partial charge in [-0.1, -0.05) is 12.1 Å². The van der Waals surface area contributed by atoms with Gasteiger partial charge in [0.15, 0.2) is 0 Å². The van der Waals surface area contributed by atoms with Gasteiger partial charge in [0.2, 0.25) is 5.91 Å². The van der Waals surface area contributed by atoms with Crippen LogP contribution in [-0.4, -0.2) is 53.2 Å². The number of likely N-dealkylation sites (tertiary alicyclic amines) is 1. The molecule has 1 aromatic rings. The molecule has 6 nitrogen and oxygen atoms in total. The summed E-state index contributed by atoms with van der Waals surface area (Å²) >= 11 is 1.37. The fraction of sp³-hybridized carbons (Fsp3) is 0.471. The molecule has 2 rings (SSSR count). The van der Waals surface area contributed by atoms with Crippen LogP contribution in [0.1, 0.15) is 36.0 Å². The molecule has 1 aromatic carbocycles. The second kappa shape index (κ2) is 9.32. The number of carbonyl (C=O) groups is 3. The van der Waals surface area contributed by atoms with Gasteiger partial charge in [0.25, 0.3) is 5.91 Å². The molecule has 2 N–H and O–H groups in total. The fourth-order valence-corrected chi connectivity index (χ4v) is 3.47. The van der Waals surface area contributed by atoms with E-state index in [0.29, 0.717) is 24.3 Å². The van der Waals surface area contributed by atoms with Crippen LogP contribution in [-0.2, 0) is 9.59 Å². The smallest absolute Gasteiger partial charge is 0.303 e. The number of carbonyl (C=O) groups excluding carboxylic acids is 2. The molecule has 1 fully saturated rings. The lowest BCUT2D eigenvalue weighted by molar-refractivity contribution is -0.137. The van der Waals surface area contributed by atoms with Gasteiger partial charge in [-0.15, -0.1) is 11.8 Å². The molecular formula is C17H22N2O4S. The number of nitrogens with zero attached hydrogens (tertiary/aromatic N) is 1. The zero-order chi connectivity index (χ0) is 17.4. The van der Waals surface area contributed by atoms with Gasteiger partial charge in [-0.2, -0.15) is 0 Å². The van der Waals surface area contributed by atoms with Crippen molar-refractivity contribution in [3.05, 3.63) is 29.8 Å². The molecule has 7 heteroatoms. The molecule has 24 heavy (non-hydrogen) atoms. The topological polar surface area (TPSA) is 86.7 Å². The minimum absolute atomic E-state index is 0.0288. The molecule has 0 aliphatic carbocycles. The quantitative estimate of drug-likeness (QED) is 0.553. The Morgan fingerprint density at radius 3 is 2.58 bits per heavy atom. The standard InChI is InChI=1S/C17H22N2O4S/c20-15(19-10-3-4-11-19)12-24-14-7-2-1-6-13(14)17(23)18-9-5-8-16(21)22/h1-2,6-7H,3-5,8-12H2,(H,18,23)(H,21,22). The SMILES string of the molecule is O=C(O)CCCNC(=O)c1ccccc1SCC(=O)N1CCCC1. The largest absolute Gasteiger partial charge is 0.481 e. The summed E-state index contributed by atoms with van der Waals surface area (Å²) in [5.74, 6) is -0.685. The van der Waals surface area contributed by atoms with Crippen LogP contribution >= 0.6 is 11.8 Å². The van der Waals surface area contributed by atoms with Crippen LogP contribution in [0.15, 0.2) is 29.2 Å². The fourth-order valence-electron chi connectivity index (χ4n) is 2.51. The minimum atomic E-state index is -0.874. The Balaban J connectivity index is 1.87. The number of thioether (sulfide) groups is 1. The number of carboxylic acid groups (broad SMARTS) is 1. The second-order valence-electron chi connectivity index (χ2n) is 5.63. The Hall–Kier alpha value is -2.02. The van der Waals surface area contributed by atoms with Crippen LogP contribution in [0.5, 0.6) is 0 Å². The highest BCUT2D eigenvalue weighted by molar-refractivity contribution is 8.00. The van der Waals surface area contributed by atoms with Crippen molar-refractivity contribution in [2.75, 3.05) is 25.4 Å². The predicted octanol–water partition coefficient (Wildman–Crippen LogP) is 2.00. The number of amides is 2. The van der Waals surface area contributed by atoms with Gasteiger partial charge in [-0.25, -0.2) is 0 Å². The number of hydrogen-bond donors (Lipinski definition) is 2. The molecule has 1 heterocycles. The maximum atomic E-state index is 12.2. The summed E-state index contributed by atoms with van der Waals surface area (Å²) in [4.78, 5) is 37.5. The van der Waals surface area contributed by atoms with Gasteiger partial charge < -0.3 is 15.3 Å². The van der Waals surface area contributed by atoms with Crippen LogP contribution in [0.3, 0.4) is 0 Å². The van der Waals surface area contributed by atoms with Crippen molar-refractivity contribution in [1.29, 1.82) is 0 Å². The average molecular weight is 350 g/mol. The summed E-state index contributed by atoms with van der Waals surface area (Å²) in [5.41, 5.74) is 0.520. The van der Waals surface area contributed by atoms with Crippen LogP contribution in [0.2, 0.25) is 0 Å². The summed E-state index contributed by atoms with van der Waals surface area (Å²) in [7, 11) is 0. The molecule has 1 aliphatic rings. The van der Waals surface area contributed by atoms with E-state index in [2.05, 4.69) is 5.32 Å². The highest BCUT2D eigenvalue weighted by Gasteiger charge is 2.19. The summed E-state index contributed by atoms with van der Waals surface area (Å²) in [5, 5.41) is 11.3. The first-order valence-corrected chi connectivity index (χ1v) is 9.06. The van der Waals surface area contributed by atoms with Crippen LogP contribution in [0.25, 0.3) is 0 Å². The normalized spacial score (nSPS) is 13.8.